The molecular weight excluding hydrogens is 222 g/mol. The number of aliphatic hydroxyl groups excluding tert-OH is 1. The monoisotopic (exact) mass is 247 g/mol. The molecule has 1 aliphatic rings. The molecule has 1 saturated heterocycles. The zero-order chi connectivity index (χ0) is 13.0. The molecule has 0 spiro atoms. The molecule has 1 aliphatic heterocycles. The summed E-state index contributed by atoms with van der Waals surface area (Å²) in [4.78, 5) is 0. The molecule has 1 aromatic carbocycles. The van der Waals surface area contributed by atoms with E-state index in [0.717, 1.165) is 13.1 Å². The molecule has 2 N–H and O–H groups in total. The van der Waals surface area contributed by atoms with E-state index < -0.39 is 0 Å². The molecule has 2 rings (SSSR count). The number of rotatable bonds is 4. The second-order valence-corrected chi connectivity index (χ2v) is 5.72. The van der Waals surface area contributed by atoms with Crippen LogP contribution in [-0.4, -0.2) is 24.8 Å². The SMILES string of the molecule is CC(C)c1ccc(C(CO)C2CCCNC2)cc1. The molecule has 2 heteroatoms. The number of nitrogens with one attached hydrogen (secondary N) is 1. The Morgan fingerprint density at radius 2 is 1.89 bits per heavy atom. The Bertz CT molecular complexity index is 352. The van der Waals surface area contributed by atoms with Crippen LogP contribution in [0.3, 0.4) is 0 Å². The van der Waals surface area contributed by atoms with Gasteiger partial charge < -0.3 is 10.4 Å². The topological polar surface area (TPSA) is 32.3 Å². The van der Waals surface area contributed by atoms with Crippen LogP contribution in [0.5, 0.6) is 0 Å². The minimum Gasteiger partial charge on any atom is -0.396 e. The van der Waals surface area contributed by atoms with Crippen LogP contribution in [0.2, 0.25) is 0 Å². The molecular formula is C16H25NO. The molecule has 0 amide bonds. The molecule has 1 heterocycles. The second kappa shape index (κ2) is 6.35. The first-order valence-electron chi connectivity index (χ1n) is 7.13. The molecule has 0 aromatic heterocycles. The van der Waals surface area contributed by atoms with E-state index in [4.69, 9.17) is 0 Å². The molecule has 100 valence electrons. The summed E-state index contributed by atoms with van der Waals surface area (Å²) in [6.07, 6.45) is 2.45. The molecule has 0 radical (unpaired) electrons. The van der Waals surface area contributed by atoms with Crippen molar-refractivity contribution in [2.24, 2.45) is 5.92 Å². The highest BCUT2D eigenvalue weighted by atomic mass is 16.3. The van der Waals surface area contributed by atoms with Crippen molar-refractivity contribution in [3.05, 3.63) is 35.4 Å². The van der Waals surface area contributed by atoms with Crippen LogP contribution in [0.4, 0.5) is 0 Å². The minimum absolute atomic E-state index is 0.257. The summed E-state index contributed by atoms with van der Waals surface area (Å²) in [5.74, 6) is 1.44. The van der Waals surface area contributed by atoms with Gasteiger partial charge in [0.1, 0.15) is 0 Å². The van der Waals surface area contributed by atoms with Gasteiger partial charge in [-0.3, -0.25) is 0 Å². The quantitative estimate of drug-likeness (QED) is 0.857. The first-order valence-corrected chi connectivity index (χ1v) is 7.13. The van der Waals surface area contributed by atoms with Crippen molar-refractivity contribution in [1.29, 1.82) is 0 Å². The summed E-state index contributed by atoms with van der Waals surface area (Å²) in [5, 5.41) is 13.1. The summed E-state index contributed by atoms with van der Waals surface area (Å²) in [6, 6.07) is 8.81. The average molecular weight is 247 g/mol. The lowest BCUT2D eigenvalue weighted by atomic mass is 9.81. The Morgan fingerprint density at radius 1 is 1.22 bits per heavy atom. The summed E-state index contributed by atoms with van der Waals surface area (Å²) in [6.45, 7) is 6.85. The van der Waals surface area contributed by atoms with Crippen molar-refractivity contribution in [2.75, 3.05) is 19.7 Å². The standard InChI is InChI=1S/C16H25NO/c1-12(2)13-5-7-14(8-6-13)16(11-18)15-4-3-9-17-10-15/h5-8,12,15-18H,3-4,9-11H2,1-2H3. The fourth-order valence-electron chi connectivity index (χ4n) is 2.88. The van der Waals surface area contributed by atoms with Gasteiger partial charge in [-0.05, 0) is 48.9 Å². The lowest BCUT2D eigenvalue weighted by Crippen LogP contribution is -2.34. The van der Waals surface area contributed by atoms with Gasteiger partial charge in [-0.15, -0.1) is 0 Å². The van der Waals surface area contributed by atoms with E-state index in [-0.39, 0.29) is 6.61 Å². The third-order valence-electron chi connectivity index (χ3n) is 4.13. The van der Waals surface area contributed by atoms with Crippen molar-refractivity contribution in [3.8, 4) is 0 Å². The van der Waals surface area contributed by atoms with E-state index in [9.17, 15) is 5.11 Å². The zero-order valence-electron chi connectivity index (χ0n) is 11.5. The lowest BCUT2D eigenvalue weighted by Gasteiger charge is -2.30. The Kier molecular flexibility index (Phi) is 4.79. The van der Waals surface area contributed by atoms with Crippen LogP contribution < -0.4 is 5.32 Å². The molecule has 2 atom stereocenters. The number of hydrogen-bond acceptors (Lipinski definition) is 2. The maximum atomic E-state index is 9.68. The van der Waals surface area contributed by atoms with Gasteiger partial charge in [0.25, 0.3) is 0 Å². The van der Waals surface area contributed by atoms with E-state index in [2.05, 4.69) is 43.4 Å². The van der Waals surface area contributed by atoms with Gasteiger partial charge in [0.15, 0.2) is 0 Å². The largest absolute Gasteiger partial charge is 0.396 e. The number of benzene rings is 1. The van der Waals surface area contributed by atoms with Crippen molar-refractivity contribution >= 4 is 0 Å². The fraction of sp³-hybridized carbons (Fsp3) is 0.625. The highest BCUT2D eigenvalue weighted by molar-refractivity contribution is 5.27. The number of hydrogen-bond donors (Lipinski definition) is 2. The van der Waals surface area contributed by atoms with E-state index in [1.165, 1.54) is 24.0 Å². The van der Waals surface area contributed by atoms with Crippen molar-refractivity contribution in [3.63, 3.8) is 0 Å². The highest BCUT2D eigenvalue weighted by Gasteiger charge is 2.24. The molecule has 2 nitrogen and oxygen atoms in total. The average Bonchev–Trinajstić information content (AvgIpc) is 2.41. The first-order chi connectivity index (χ1) is 8.72. The normalized spacial score (nSPS) is 22.1. The van der Waals surface area contributed by atoms with Crippen LogP contribution in [-0.2, 0) is 0 Å². The fourth-order valence-corrected chi connectivity index (χ4v) is 2.88. The Balaban J connectivity index is 2.11. The summed E-state index contributed by atoms with van der Waals surface area (Å²) >= 11 is 0. The molecule has 1 aromatic rings. The Morgan fingerprint density at radius 3 is 2.39 bits per heavy atom. The van der Waals surface area contributed by atoms with Crippen LogP contribution >= 0.6 is 0 Å². The minimum atomic E-state index is 0.257. The van der Waals surface area contributed by atoms with E-state index >= 15 is 0 Å². The lowest BCUT2D eigenvalue weighted by molar-refractivity contribution is 0.204. The maximum Gasteiger partial charge on any atom is 0.0502 e. The molecule has 0 aliphatic carbocycles. The predicted molar refractivity (Wildman–Crippen MR) is 76.0 cm³/mol. The summed E-state index contributed by atoms with van der Waals surface area (Å²) in [5.41, 5.74) is 2.66. The van der Waals surface area contributed by atoms with Gasteiger partial charge in [0.2, 0.25) is 0 Å². The van der Waals surface area contributed by atoms with Gasteiger partial charge in [-0.1, -0.05) is 38.1 Å². The third-order valence-corrected chi connectivity index (χ3v) is 4.13. The summed E-state index contributed by atoms with van der Waals surface area (Å²) in [7, 11) is 0. The third kappa shape index (κ3) is 3.12. The van der Waals surface area contributed by atoms with Crippen LogP contribution in [0.25, 0.3) is 0 Å². The van der Waals surface area contributed by atoms with Crippen LogP contribution in [0, 0.1) is 5.92 Å². The molecule has 2 unspecified atom stereocenters. The zero-order valence-corrected chi connectivity index (χ0v) is 11.5. The van der Waals surface area contributed by atoms with Gasteiger partial charge >= 0.3 is 0 Å². The highest BCUT2D eigenvalue weighted by Crippen LogP contribution is 2.30. The van der Waals surface area contributed by atoms with E-state index in [1.54, 1.807) is 0 Å². The van der Waals surface area contributed by atoms with Crippen LogP contribution in [0.1, 0.15) is 49.7 Å². The molecule has 18 heavy (non-hydrogen) atoms. The molecule has 0 saturated carbocycles. The number of aliphatic hydroxyl groups is 1. The summed E-state index contributed by atoms with van der Waals surface area (Å²) < 4.78 is 0. The van der Waals surface area contributed by atoms with E-state index in [1.807, 2.05) is 0 Å². The molecule has 0 bridgehead atoms. The maximum absolute atomic E-state index is 9.68. The molecule has 1 fully saturated rings. The second-order valence-electron chi connectivity index (χ2n) is 5.72. The Labute approximate surface area is 110 Å². The Hall–Kier alpha value is -0.860. The number of piperidine rings is 1. The van der Waals surface area contributed by atoms with Gasteiger partial charge in [0.05, 0.1) is 6.61 Å². The van der Waals surface area contributed by atoms with E-state index in [0.29, 0.717) is 17.8 Å². The van der Waals surface area contributed by atoms with Crippen LogP contribution in [0.15, 0.2) is 24.3 Å². The van der Waals surface area contributed by atoms with Crippen molar-refractivity contribution in [1.82, 2.24) is 5.32 Å². The predicted octanol–water partition coefficient (Wildman–Crippen LogP) is 2.89. The van der Waals surface area contributed by atoms with Crippen molar-refractivity contribution < 1.29 is 5.11 Å². The first kappa shape index (κ1) is 13.6. The van der Waals surface area contributed by atoms with Gasteiger partial charge in [0, 0.05) is 5.92 Å². The smallest absolute Gasteiger partial charge is 0.0502 e. The van der Waals surface area contributed by atoms with Gasteiger partial charge in [-0.25, -0.2) is 0 Å². The van der Waals surface area contributed by atoms with Crippen molar-refractivity contribution in [2.45, 2.75) is 38.5 Å². The van der Waals surface area contributed by atoms with Gasteiger partial charge in [-0.2, -0.15) is 0 Å².